The van der Waals surface area contributed by atoms with Gasteiger partial charge in [0.15, 0.2) is 0 Å². The Morgan fingerprint density at radius 1 is 1.43 bits per heavy atom. The lowest BCUT2D eigenvalue weighted by Gasteiger charge is -2.21. The standard InChI is InChI=1S/C15H22ClFN2O2/c1-4-19(5-2)9-8-18-14(15(20)21-3)12-10-11(16)6-7-13(12)17/h6-7,10,14,18H,4-5,8-9H2,1-3H3. The molecular formula is C15H22ClFN2O2. The largest absolute Gasteiger partial charge is 0.468 e. The molecule has 0 saturated carbocycles. The summed E-state index contributed by atoms with van der Waals surface area (Å²) in [7, 11) is 1.28. The smallest absolute Gasteiger partial charge is 0.327 e. The highest BCUT2D eigenvalue weighted by Gasteiger charge is 2.24. The van der Waals surface area contributed by atoms with Crippen LogP contribution in [-0.2, 0) is 9.53 Å². The van der Waals surface area contributed by atoms with Crippen LogP contribution in [0.5, 0.6) is 0 Å². The third-order valence-corrected chi connectivity index (χ3v) is 3.61. The van der Waals surface area contributed by atoms with E-state index in [2.05, 4.69) is 24.1 Å². The number of nitrogens with zero attached hydrogens (tertiary/aromatic N) is 1. The maximum Gasteiger partial charge on any atom is 0.327 e. The van der Waals surface area contributed by atoms with E-state index in [1.165, 1.54) is 25.3 Å². The number of hydrogen-bond acceptors (Lipinski definition) is 4. The minimum atomic E-state index is -0.857. The van der Waals surface area contributed by atoms with Gasteiger partial charge in [-0.05, 0) is 31.3 Å². The highest BCUT2D eigenvalue weighted by molar-refractivity contribution is 6.30. The van der Waals surface area contributed by atoms with Crippen LogP contribution in [0.2, 0.25) is 5.02 Å². The maximum absolute atomic E-state index is 13.9. The van der Waals surface area contributed by atoms with Crippen LogP contribution in [0.4, 0.5) is 4.39 Å². The Kier molecular flexibility index (Phi) is 7.64. The molecule has 1 atom stereocenters. The molecule has 1 aromatic carbocycles. The number of methoxy groups -OCH3 is 1. The van der Waals surface area contributed by atoms with E-state index in [-0.39, 0.29) is 5.56 Å². The van der Waals surface area contributed by atoms with E-state index in [0.717, 1.165) is 19.6 Å². The van der Waals surface area contributed by atoms with E-state index in [1.807, 2.05) is 0 Å². The fourth-order valence-corrected chi connectivity index (χ4v) is 2.26. The highest BCUT2D eigenvalue weighted by atomic mass is 35.5. The molecule has 1 rings (SSSR count). The van der Waals surface area contributed by atoms with Crippen molar-refractivity contribution in [2.75, 3.05) is 33.3 Å². The first-order valence-corrected chi connectivity index (χ1v) is 7.39. The second-order valence-electron chi connectivity index (χ2n) is 4.60. The number of hydrogen-bond donors (Lipinski definition) is 1. The zero-order valence-electron chi connectivity index (χ0n) is 12.7. The Morgan fingerprint density at radius 3 is 2.67 bits per heavy atom. The van der Waals surface area contributed by atoms with Gasteiger partial charge in [0.1, 0.15) is 11.9 Å². The molecule has 0 spiro atoms. The summed E-state index contributed by atoms with van der Waals surface area (Å²) in [5, 5.41) is 3.42. The van der Waals surface area contributed by atoms with Crippen molar-refractivity contribution in [3.8, 4) is 0 Å². The average molecular weight is 317 g/mol. The maximum atomic E-state index is 13.9. The summed E-state index contributed by atoms with van der Waals surface area (Å²) in [5.41, 5.74) is 0.203. The van der Waals surface area contributed by atoms with Gasteiger partial charge in [-0.25, -0.2) is 9.18 Å². The summed E-state index contributed by atoms with van der Waals surface area (Å²) in [4.78, 5) is 14.1. The number of halogens is 2. The Bertz CT molecular complexity index is 467. The van der Waals surface area contributed by atoms with Crippen LogP contribution in [-0.4, -0.2) is 44.2 Å². The minimum Gasteiger partial charge on any atom is -0.468 e. The average Bonchev–Trinajstić information content (AvgIpc) is 2.49. The first-order valence-electron chi connectivity index (χ1n) is 7.01. The SMILES string of the molecule is CCN(CC)CCNC(C(=O)OC)c1cc(Cl)ccc1F. The van der Waals surface area contributed by atoms with Gasteiger partial charge in [-0.2, -0.15) is 0 Å². The van der Waals surface area contributed by atoms with Crippen molar-refractivity contribution in [3.05, 3.63) is 34.6 Å². The van der Waals surface area contributed by atoms with Crippen molar-refractivity contribution in [1.29, 1.82) is 0 Å². The van der Waals surface area contributed by atoms with Gasteiger partial charge in [0.25, 0.3) is 0 Å². The molecule has 0 heterocycles. The normalized spacial score (nSPS) is 12.5. The molecule has 21 heavy (non-hydrogen) atoms. The lowest BCUT2D eigenvalue weighted by molar-refractivity contribution is -0.143. The van der Waals surface area contributed by atoms with Crippen LogP contribution in [0, 0.1) is 5.82 Å². The number of ether oxygens (including phenoxy) is 1. The topological polar surface area (TPSA) is 41.6 Å². The van der Waals surface area contributed by atoms with E-state index in [1.54, 1.807) is 0 Å². The van der Waals surface area contributed by atoms with Crippen LogP contribution >= 0.6 is 11.6 Å². The zero-order chi connectivity index (χ0) is 15.8. The number of nitrogens with one attached hydrogen (secondary N) is 1. The molecule has 1 unspecified atom stereocenters. The van der Waals surface area contributed by atoms with Gasteiger partial charge in [0.2, 0.25) is 0 Å². The van der Waals surface area contributed by atoms with E-state index < -0.39 is 17.8 Å². The Labute approximate surface area is 130 Å². The van der Waals surface area contributed by atoms with Crippen molar-refractivity contribution >= 4 is 17.6 Å². The van der Waals surface area contributed by atoms with E-state index in [0.29, 0.717) is 11.6 Å². The van der Waals surface area contributed by atoms with E-state index in [9.17, 15) is 9.18 Å². The fourth-order valence-electron chi connectivity index (χ4n) is 2.08. The predicted octanol–water partition coefficient (Wildman–Crippen LogP) is 2.62. The number of esters is 1. The van der Waals surface area contributed by atoms with Gasteiger partial charge in [-0.1, -0.05) is 25.4 Å². The second-order valence-corrected chi connectivity index (χ2v) is 5.04. The molecule has 0 aromatic heterocycles. The van der Waals surface area contributed by atoms with Crippen LogP contribution in [0.3, 0.4) is 0 Å². The van der Waals surface area contributed by atoms with Crippen LogP contribution < -0.4 is 5.32 Å². The molecule has 0 aliphatic heterocycles. The van der Waals surface area contributed by atoms with Gasteiger partial charge >= 0.3 is 5.97 Å². The van der Waals surface area contributed by atoms with Crippen LogP contribution in [0.15, 0.2) is 18.2 Å². The Balaban J connectivity index is 2.81. The first kappa shape index (κ1) is 17.9. The minimum absolute atomic E-state index is 0.203. The predicted molar refractivity (Wildman–Crippen MR) is 82.0 cm³/mol. The number of benzene rings is 1. The fraction of sp³-hybridized carbons (Fsp3) is 0.533. The summed E-state index contributed by atoms with van der Waals surface area (Å²) in [6.07, 6.45) is 0. The molecular weight excluding hydrogens is 295 g/mol. The molecule has 0 aliphatic carbocycles. The molecule has 0 radical (unpaired) electrons. The van der Waals surface area contributed by atoms with Gasteiger partial charge < -0.3 is 9.64 Å². The van der Waals surface area contributed by atoms with Crippen molar-refractivity contribution in [3.63, 3.8) is 0 Å². The molecule has 0 bridgehead atoms. The molecule has 0 saturated heterocycles. The summed E-state index contributed by atoms with van der Waals surface area (Å²) in [6.45, 7) is 7.30. The molecule has 1 aromatic rings. The summed E-state index contributed by atoms with van der Waals surface area (Å²) in [6, 6.07) is 3.29. The molecule has 0 aliphatic rings. The lowest BCUT2D eigenvalue weighted by atomic mass is 10.1. The van der Waals surface area contributed by atoms with Crippen molar-refractivity contribution < 1.29 is 13.9 Å². The molecule has 0 amide bonds. The molecule has 1 N–H and O–H groups in total. The van der Waals surface area contributed by atoms with E-state index >= 15 is 0 Å². The number of carbonyl (C=O) groups is 1. The summed E-state index contributed by atoms with van der Waals surface area (Å²) >= 11 is 5.88. The van der Waals surface area contributed by atoms with Gasteiger partial charge in [0, 0.05) is 23.7 Å². The molecule has 118 valence electrons. The number of likely N-dealkylation sites (N-methyl/N-ethyl adjacent to an activating group) is 1. The molecule has 4 nitrogen and oxygen atoms in total. The third kappa shape index (κ3) is 5.26. The van der Waals surface area contributed by atoms with Gasteiger partial charge in [-0.3, -0.25) is 5.32 Å². The molecule has 6 heteroatoms. The Morgan fingerprint density at radius 2 is 2.10 bits per heavy atom. The summed E-state index contributed by atoms with van der Waals surface area (Å²) in [5.74, 6) is -1.01. The molecule has 0 fully saturated rings. The van der Waals surface area contributed by atoms with Gasteiger partial charge in [0.05, 0.1) is 7.11 Å². The monoisotopic (exact) mass is 316 g/mol. The van der Waals surface area contributed by atoms with Crippen molar-refractivity contribution in [2.45, 2.75) is 19.9 Å². The summed E-state index contributed by atoms with van der Waals surface area (Å²) < 4.78 is 18.7. The number of rotatable bonds is 8. The highest BCUT2D eigenvalue weighted by Crippen LogP contribution is 2.22. The van der Waals surface area contributed by atoms with Gasteiger partial charge in [-0.15, -0.1) is 0 Å². The second kappa shape index (κ2) is 8.97. The van der Waals surface area contributed by atoms with Crippen molar-refractivity contribution in [2.24, 2.45) is 0 Å². The Hall–Kier alpha value is -1.17. The van der Waals surface area contributed by atoms with Crippen LogP contribution in [0.25, 0.3) is 0 Å². The lowest BCUT2D eigenvalue weighted by Crippen LogP contribution is -2.37. The van der Waals surface area contributed by atoms with Crippen molar-refractivity contribution in [1.82, 2.24) is 10.2 Å². The van der Waals surface area contributed by atoms with E-state index in [4.69, 9.17) is 16.3 Å². The quantitative estimate of drug-likeness (QED) is 0.749. The third-order valence-electron chi connectivity index (χ3n) is 3.38. The van der Waals surface area contributed by atoms with Crippen LogP contribution in [0.1, 0.15) is 25.5 Å². The zero-order valence-corrected chi connectivity index (χ0v) is 13.4. The first-order chi connectivity index (χ1) is 10.0. The number of carbonyl (C=O) groups excluding carboxylic acids is 1.